The lowest BCUT2D eigenvalue weighted by Gasteiger charge is -2.33. The van der Waals surface area contributed by atoms with Crippen LogP contribution in [0.3, 0.4) is 0 Å². The van der Waals surface area contributed by atoms with Crippen LogP contribution in [0.2, 0.25) is 0 Å². The molecule has 1 amide bonds. The molecular weight excluding hydrogens is 290 g/mol. The lowest BCUT2D eigenvalue weighted by Crippen LogP contribution is -2.51. The molecule has 3 N–H and O–H groups in total. The molecule has 21 heavy (non-hydrogen) atoms. The zero-order chi connectivity index (χ0) is 15.6. The monoisotopic (exact) mass is 311 g/mol. The van der Waals surface area contributed by atoms with Crippen molar-refractivity contribution in [2.24, 2.45) is 0 Å². The van der Waals surface area contributed by atoms with Crippen molar-refractivity contribution < 1.29 is 13.2 Å². The van der Waals surface area contributed by atoms with Crippen molar-refractivity contribution in [3.05, 3.63) is 23.8 Å². The maximum atomic E-state index is 12.8. The Hall–Kier alpha value is -1.60. The molecule has 1 saturated heterocycles. The number of hydrogen-bond donors (Lipinski definition) is 2. The van der Waals surface area contributed by atoms with E-state index in [1.165, 1.54) is 17.4 Å². The second kappa shape index (κ2) is 6.03. The van der Waals surface area contributed by atoms with E-state index in [1.807, 2.05) is 0 Å². The van der Waals surface area contributed by atoms with Gasteiger partial charge in [-0.2, -0.15) is 4.31 Å². The SMILES string of the molecule is CNC(=O)C1CCCCN1S(=O)(=O)c1cc(C)cc(N)c1. The number of nitrogens with one attached hydrogen (secondary N) is 1. The van der Waals surface area contributed by atoms with Gasteiger partial charge in [0.05, 0.1) is 4.90 Å². The Bertz CT molecular complexity index is 623. The predicted molar refractivity (Wildman–Crippen MR) is 81.2 cm³/mol. The van der Waals surface area contributed by atoms with Crippen molar-refractivity contribution in [1.29, 1.82) is 0 Å². The van der Waals surface area contributed by atoms with Gasteiger partial charge in [0.2, 0.25) is 15.9 Å². The summed E-state index contributed by atoms with van der Waals surface area (Å²) in [6.07, 6.45) is 2.15. The van der Waals surface area contributed by atoms with Crippen LogP contribution < -0.4 is 11.1 Å². The fourth-order valence-electron chi connectivity index (χ4n) is 2.68. The molecule has 0 aromatic heterocycles. The van der Waals surface area contributed by atoms with E-state index in [2.05, 4.69) is 5.32 Å². The van der Waals surface area contributed by atoms with Crippen molar-refractivity contribution in [3.63, 3.8) is 0 Å². The van der Waals surface area contributed by atoms with Crippen molar-refractivity contribution in [2.45, 2.75) is 37.1 Å². The predicted octanol–water partition coefficient (Wildman–Crippen LogP) is 0.866. The zero-order valence-electron chi connectivity index (χ0n) is 12.3. The van der Waals surface area contributed by atoms with E-state index in [0.29, 0.717) is 18.7 Å². The summed E-state index contributed by atoms with van der Waals surface area (Å²) in [6, 6.07) is 4.10. The summed E-state index contributed by atoms with van der Waals surface area (Å²) in [5.74, 6) is -0.265. The van der Waals surface area contributed by atoms with Gasteiger partial charge < -0.3 is 11.1 Å². The van der Waals surface area contributed by atoms with E-state index in [4.69, 9.17) is 5.73 Å². The maximum absolute atomic E-state index is 12.8. The van der Waals surface area contributed by atoms with E-state index in [0.717, 1.165) is 18.4 Å². The fraction of sp³-hybridized carbons (Fsp3) is 0.500. The van der Waals surface area contributed by atoms with E-state index in [-0.39, 0.29) is 10.8 Å². The Balaban J connectivity index is 2.42. The van der Waals surface area contributed by atoms with E-state index >= 15 is 0 Å². The molecule has 116 valence electrons. The Morgan fingerprint density at radius 3 is 2.67 bits per heavy atom. The molecule has 0 spiro atoms. The van der Waals surface area contributed by atoms with Crippen LogP contribution >= 0.6 is 0 Å². The number of aryl methyl sites for hydroxylation is 1. The Labute approximate surface area is 125 Å². The van der Waals surface area contributed by atoms with Crippen molar-refractivity contribution in [3.8, 4) is 0 Å². The van der Waals surface area contributed by atoms with Gasteiger partial charge in [-0.25, -0.2) is 8.42 Å². The zero-order valence-corrected chi connectivity index (χ0v) is 13.1. The summed E-state index contributed by atoms with van der Waals surface area (Å²) in [6.45, 7) is 2.15. The first kappa shape index (κ1) is 15.8. The van der Waals surface area contributed by atoms with Crippen LogP contribution in [0.25, 0.3) is 0 Å². The standard InChI is InChI=1S/C14H21N3O3S/c1-10-7-11(15)9-12(8-10)21(19,20)17-6-4-3-5-13(17)14(18)16-2/h7-9,13H,3-6,15H2,1-2H3,(H,16,18). The van der Waals surface area contributed by atoms with Gasteiger partial charge in [-0.1, -0.05) is 6.42 Å². The second-order valence-corrected chi connectivity index (χ2v) is 7.21. The number of rotatable bonds is 3. The average Bonchev–Trinajstić information content (AvgIpc) is 2.45. The number of anilines is 1. The summed E-state index contributed by atoms with van der Waals surface area (Å²) in [7, 11) is -2.20. The van der Waals surface area contributed by atoms with Crippen LogP contribution in [0.1, 0.15) is 24.8 Å². The lowest BCUT2D eigenvalue weighted by molar-refractivity contribution is -0.125. The summed E-state index contributed by atoms with van der Waals surface area (Å²) in [5.41, 5.74) is 6.93. The first-order chi connectivity index (χ1) is 9.86. The van der Waals surface area contributed by atoms with Gasteiger partial charge in [0.25, 0.3) is 0 Å². The smallest absolute Gasteiger partial charge is 0.243 e. The molecule has 1 heterocycles. The van der Waals surface area contributed by atoms with Gasteiger partial charge >= 0.3 is 0 Å². The second-order valence-electron chi connectivity index (χ2n) is 5.32. The Morgan fingerprint density at radius 2 is 2.05 bits per heavy atom. The highest BCUT2D eigenvalue weighted by molar-refractivity contribution is 7.89. The van der Waals surface area contributed by atoms with Gasteiger partial charge in [-0.05, 0) is 43.5 Å². The minimum absolute atomic E-state index is 0.149. The number of piperidine rings is 1. The third kappa shape index (κ3) is 3.19. The van der Waals surface area contributed by atoms with Crippen molar-refractivity contribution in [1.82, 2.24) is 9.62 Å². The molecule has 2 rings (SSSR count). The minimum Gasteiger partial charge on any atom is -0.399 e. The van der Waals surface area contributed by atoms with Gasteiger partial charge in [0, 0.05) is 19.3 Å². The molecule has 1 aliphatic heterocycles. The molecule has 6 nitrogen and oxygen atoms in total. The molecule has 1 unspecified atom stereocenters. The highest BCUT2D eigenvalue weighted by Crippen LogP contribution is 2.27. The molecule has 1 atom stereocenters. The fourth-order valence-corrected chi connectivity index (χ4v) is 4.48. The van der Waals surface area contributed by atoms with E-state index < -0.39 is 16.1 Å². The highest BCUT2D eigenvalue weighted by Gasteiger charge is 2.37. The van der Waals surface area contributed by atoms with Crippen LogP contribution in [0.5, 0.6) is 0 Å². The molecule has 7 heteroatoms. The number of carbonyl (C=O) groups excluding carboxylic acids is 1. The molecule has 0 saturated carbocycles. The largest absolute Gasteiger partial charge is 0.399 e. The van der Waals surface area contributed by atoms with Crippen LogP contribution in [0.4, 0.5) is 5.69 Å². The summed E-state index contributed by atoms with van der Waals surface area (Å²) in [4.78, 5) is 12.1. The molecule has 1 fully saturated rings. The van der Waals surface area contributed by atoms with Gasteiger partial charge in [0.15, 0.2) is 0 Å². The first-order valence-electron chi connectivity index (χ1n) is 6.97. The first-order valence-corrected chi connectivity index (χ1v) is 8.41. The molecule has 0 radical (unpaired) electrons. The molecule has 1 aliphatic rings. The van der Waals surface area contributed by atoms with Gasteiger partial charge in [-0.3, -0.25) is 4.79 Å². The molecule has 1 aromatic rings. The van der Waals surface area contributed by atoms with E-state index in [1.54, 1.807) is 19.1 Å². The average molecular weight is 311 g/mol. The van der Waals surface area contributed by atoms with Crippen LogP contribution in [0.15, 0.2) is 23.1 Å². The number of carbonyl (C=O) groups is 1. The van der Waals surface area contributed by atoms with Crippen LogP contribution in [-0.4, -0.2) is 38.3 Å². The number of hydrogen-bond acceptors (Lipinski definition) is 4. The summed E-state index contributed by atoms with van der Waals surface area (Å²) < 4.78 is 26.9. The van der Waals surface area contributed by atoms with Gasteiger partial charge in [0.1, 0.15) is 6.04 Å². The maximum Gasteiger partial charge on any atom is 0.243 e. The van der Waals surface area contributed by atoms with Gasteiger partial charge in [-0.15, -0.1) is 0 Å². The quantitative estimate of drug-likeness (QED) is 0.810. The third-order valence-electron chi connectivity index (χ3n) is 3.68. The normalized spacial score (nSPS) is 20.2. The minimum atomic E-state index is -3.72. The van der Waals surface area contributed by atoms with Crippen molar-refractivity contribution >= 4 is 21.6 Å². The number of likely N-dealkylation sites (N-methyl/N-ethyl adjacent to an activating group) is 1. The number of nitrogen functional groups attached to an aromatic ring is 1. The molecular formula is C14H21N3O3S. The molecule has 1 aromatic carbocycles. The highest BCUT2D eigenvalue weighted by atomic mass is 32.2. The Morgan fingerprint density at radius 1 is 1.33 bits per heavy atom. The number of amides is 1. The van der Waals surface area contributed by atoms with E-state index in [9.17, 15) is 13.2 Å². The van der Waals surface area contributed by atoms with Crippen molar-refractivity contribution in [2.75, 3.05) is 19.3 Å². The summed E-state index contributed by atoms with van der Waals surface area (Å²) >= 11 is 0. The topological polar surface area (TPSA) is 92.5 Å². The Kier molecular flexibility index (Phi) is 4.53. The lowest BCUT2D eigenvalue weighted by atomic mass is 10.0. The van der Waals surface area contributed by atoms with Crippen LogP contribution in [-0.2, 0) is 14.8 Å². The summed E-state index contributed by atoms with van der Waals surface area (Å²) in [5, 5.41) is 2.54. The number of nitrogens with two attached hydrogens (primary N) is 1. The number of benzene rings is 1. The van der Waals surface area contributed by atoms with Crippen LogP contribution in [0, 0.1) is 6.92 Å². The number of sulfonamides is 1. The third-order valence-corrected chi connectivity index (χ3v) is 5.57. The molecule has 0 aliphatic carbocycles. The molecule has 0 bridgehead atoms. The number of nitrogens with zero attached hydrogens (tertiary/aromatic N) is 1.